The minimum absolute atomic E-state index is 0.0808. The Bertz CT molecular complexity index is 482. The Kier molecular flexibility index (Phi) is 4.55. The Labute approximate surface area is 125 Å². The number of carbonyl (C=O) groups excluding carboxylic acids is 1. The molecule has 2 fully saturated rings. The number of hydrogen-bond donors (Lipinski definition) is 1. The van der Waals surface area contributed by atoms with Crippen LogP contribution in [-0.2, 0) is 9.53 Å². The summed E-state index contributed by atoms with van der Waals surface area (Å²) in [5.74, 6) is 0.555. The van der Waals surface area contributed by atoms with E-state index in [1.165, 1.54) is 26.2 Å². The first-order valence-electron chi connectivity index (χ1n) is 7.87. The fourth-order valence-electron chi connectivity index (χ4n) is 3.22. The zero-order valence-electron chi connectivity index (χ0n) is 12.6. The van der Waals surface area contributed by atoms with Gasteiger partial charge in [-0.2, -0.15) is 5.10 Å². The smallest absolute Gasteiger partial charge is 0.222 e. The number of nitrogens with one attached hydrogen (secondary N) is 1. The molecule has 21 heavy (non-hydrogen) atoms. The molecule has 0 bridgehead atoms. The number of likely N-dealkylation sites (tertiary alicyclic amines) is 1. The van der Waals surface area contributed by atoms with Gasteiger partial charge in [-0.3, -0.25) is 14.4 Å². The maximum Gasteiger partial charge on any atom is 0.222 e. The zero-order valence-corrected chi connectivity index (χ0v) is 12.6. The molecule has 2 aliphatic heterocycles. The molecule has 6 nitrogen and oxygen atoms in total. The van der Waals surface area contributed by atoms with Crippen molar-refractivity contribution < 1.29 is 9.53 Å². The van der Waals surface area contributed by atoms with Crippen LogP contribution in [0.15, 0.2) is 12.3 Å². The molecule has 0 aromatic carbocycles. The quantitative estimate of drug-likeness (QED) is 0.917. The fraction of sp³-hybridized carbons (Fsp3) is 0.733. The van der Waals surface area contributed by atoms with Gasteiger partial charge in [-0.25, -0.2) is 0 Å². The first-order chi connectivity index (χ1) is 10.2. The van der Waals surface area contributed by atoms with E-state index in [4.69, 9.17) is 4.74 Å². The Morgan fingerprint density at radius 2 is 2.38 bits per heavy atom. The molecule has 0 saturated carbocycles. The predicted molar refractivity (Wildman–Crippen MR) is 80.2 cm³/mol. The standard InChI is InChI=1S/C15H24N4O2/c1-12(20)16-15-6-8-19(17-15)13-5-7-18(10-13)11-14-4-2-3-9-21-14/h6,8,13-14H,2-5,7,9-11H2,1H3,(H,16,17,20)/t13-,14-/m1/s1. The van der Waals surface area contributed by atoms with Gasteiger partial charge in [0, 0.05) is 45.4 Å². The van der Waals surface area contributed by atoms with Crippen molar-refractivity contribution >= 4 is 11.7 Å². The lowest BCUT2D eigenvalue weighted by molar-refractivity contribution is -0.114. The van der Waals surface area contributed by atoms with Gasteiger partial charge >= 0.3 is 0 Å². The summed E-state index contributed by atoms with van der Waals surface area (Å²) in [6, 6.07) is 2.25. The summed E-state index contributed by atoms with van der Waals surface area (Å²) in [6.45, 7) is 5.57. The van der Waals surface area contributed by atoms with E-state index < -0.39 is 0 Å². The second-order valence-electron chi connectivity index (χ2n) is 6.05. The highest BCUT2D eigenvalue weighted by molar-refractivity contribution is 5.87. The number of carbonyl (C=O) groups is 1. The van der Waals surface area contributed by atoms with E-state index in [2.05, 4.69) is 15.3 Å². The molecule has 3 heterocycles. The molecule has 6 heteroatoms. The van der Waals surface area contributed by atoms with Crippen molar-refractivity contribution in [1.82, 2.24) is 14.7 Å². The minimum Gasteiger partial charge on any atom is -0.377 e. The van der Waals surface area contributed by atoms with Gasteiger partial charge in [0.2, 0.25) is 5.91 Å². The molecule has 0 aliphatic carbocycles. The summed E-state index contributed by atoms with van der Waals surface area (Å²) in [6.07, 6.45) is 7.16. The lowest BCUT2D eigenvalue weighted by Crippen LogP contribution is -2.34. The molecule has 0 radical (unpaired) electrons. The Hall–Kier alpha value is -1.40. The summed E-state index contributed by atoms with van der Waals surface area (Å²) in [7, 11) is 0. The van der Waals surface area contributed by atoms with E-state index >= 15 is 0 Å². The molecule has 1 amide bonds. The van der Waals surface area contributed by atoms with Crippen LogP contribution in [0.2, 0.25) is 0 Å². The van der Waals surface area contributed by atoms with Crippen LogP contribution in [0.1, 0.15) is 38.6 Å². The van der Waals surface area contributed by atoms with Crippen LogP contribution < -0.4 is 5.32 Å². The SMILES string of the molecule is CC(=O)Nc1ccn([C@@H]2CCN(C[C@H]3CCCCO3)C2)n1. The minimum atomic E-state index is -0.0808. The molecule has 1 N–H and O–H groups in total. The molecule has 116 valence electrons. The fourth-order valence-corrected chi connectivity index (χ4v) is 3.22. The van der Waals surface area contributed by atoms with Crippen LogP contribution in [-0.4, -0.2) is 52.9 Å². The predicted octanol–water partition coefficient (Wildman–Crippen LogP) is 1.66. The summed E-state index contributed by atoms with van der Waals surface area (Å²) in [5.41, 5.74) is 0. The monoisotopic (exact) mass is 292 g/mol. The molecule has 0 spiro atoms. The van der Waals surface area contributed by atoms with Crippen LogP contribution in [0.5, 0.6) is 0 Å². The van der Waals surface area contributed by atoms with Gasteiger partial charge in [-0.05, 0) is 25.7 Å². The summed E-state index contributed by atoms with van der Waals surface area (Å²) in [5, 5.41) is 7.16. The molecule has 2 atom stereocenters. The Morgan fingerprint density at radius 1 is 1.48 bits per heavy atom. The van der Waals surface area contributed by atoms with Crippen molar-refractivity contribution in [2.75, 3.05) is 31.6 Å². The van der Waals surface area contributed by atoms with Crippen molar-refractivity contribution in [1.29, 1.82) is 0 Å². The van der Waals surface area contributed by atoms with Crippen LogP contribution in [0, 0.1) is 0 Å². The third kappa shape index (κ3) is 3.83. The van der Waals surface area contributed by atoms with Gasteiger partial charge in [-0.15, -0.1) is 0 Å². The van der Waals surface area contributed by atoms with Crippen LogP contribution in [0.4, 0.5) is 5.82 Å². The van der Waals surface area contributed by atoms with E-state index in [-0.39, 0.29) is 5.91 Å². The molecule has 0 unspecified atom stereocenters. The normalized spacial score (nSPS) is 26.9. The lowest BCUT2D eigenvalue weighted by Gasteiger charge is -2.27. The highest BCUT2D eigenvalue weighted by Crippen LogP contribution is 2.23. The third-order valence-corrected chi connectivity index (χ3v) is 4.27. The largest absolute Gasteiger partial charge is 0.377 e. The second kappa shape index (κ2) is 6.58. The van der Waals surface area contributed by atoms with E-state index in [1.807, 2.05) is 16.9 Å². The van der Waals surface area contributed by atoms with Crippen molar-refractivity contribution in [3.05, 3.63) is 12.3 Å². The summed E-state index contributed by atoms with van der Waals surface area (Å²) >= 11 is 0. The molecule has 3 rings (SSSR count). The highest BCUT2D eigenvalue weighted by atomic mass is 16.5. The van der Waals surface area contributed by atoms with Gasteiger partial charge in [0.25, 0.3) is 0 Å². The van der Waals surface area contributed by atoms with Gasteiger partial charge in [0.15, 0.2) is 5.82 Å². The Balaban J connectivity index is 1.51. The lowest BCUT2D eigenvalue weighted by atomic mass is 10.1. The summed E-state index contributed by atoms with van der Waals surface area (Å²) in [4.78, 5) is 13.5. The van der Waals surface area contributed by atoms with Crippen LogP contribution in [0.25, 0.3) is 0 Å². The first-order valence-corrected chi connectivity index (χ1v) is 7.87. The molecule has 2 aliphatic rings. The zero-order chi connectivity index (χ0) is 14.7. The van der Waals surface area contributed by atoms with Crippen molar-refractivity contribution in [3.63, 3.8) is 0 Å². The maximum absolute atomic E-state index is 11.0. The number of aromatic nitrogens is 2. The molecular weight excluding hydrogens is 268 g/mol. The van der Waals surface area contributed by atoms with E-state index in [1.54, 1.807) is 0 Å². The van der Waals surface area contributed by atoms with Gasteiger partial charge in [0.05, 0.1) is 12.1 Å². The van der Waals surface area contributed by atoms with E-state index in [0.717, 1.165) is 32.7 Å². The Morgan fingerprint density at radius 3 is 3.14 bits per heavy atom. The number of nitrogens with zero attached hydrogens (tertiary/aromatic N) is 3. The van der Waals surface area contributed by atoms with E-state index in [0.29, 0.717) is 18.0 Å². The number of anilines is 1. The van der Waals surface area contributed by atoms with Crippen molar-refractivity contribution in [3.8, 4) is 0 Å². The van der Waals surface area contributed by atoms with Crippen LogP contribution in [0.3, 0.4) is 0 Å². The highest BCUT2D eigenvalue weighted by Gasteiger charge is 2.27. The van der Waals surface area contributed by atoms with Gasteiger partial charge < -0.3 is 10.1 Å². The second-order valence-corrected chi connectivity index (χ2v) is 6.05. The van der Waals surface area contributed by atoms with Gasteiger partial charge in [-0.1, -0.05) is 0 Å². The number of ether oxygens (including phenoxy) is 1. The van der Waals surface area contributed by atoms with Crippen molar-refractivity contribution in [2.24, 2.45) is 0 Å². The third-order valence-electron chi connectivity index (χ3n) is 4.27. The van der Waals surface area contributed by atoms with E-state index in [9.17, 15) is 4.79 Å². The average Bonchev–Trinajstić information content (AvgIpc) is 3.08. The first kappa shape index (κ1) is 14.5. The topological polar surface area (TPSA) is 59.4 Å². The molecule has 1 aromatic heterocycles. The number of hydrogen-bond acceptors (Lipinski definition) is 4. The molecule has 1 aromatic rings. The average molecular weight is 292 g/mol. The number of rotatable bonds is 4. The van der Waals surface area contributed by atoms with Gasteiger partial charge in [0.1, 0.15) is 0 Å². The molecule has 2 saturated heterocycles. The van der Waals surface area contributed by atoms with Crippen LogP contribution >= 0.6 is 0 Å². The van der Waals surface area contributed by atoms with Crippen molar-refractivity contribution in [2.45, 2.75) is 44.8 Å². The number of amides is 1. The maximum atomic E-state index is 11.0. The molecular formula is C15H24N4O2. The summed E-state index contributed by atoms with van der Waals surface area (Å²) < 4.78 is 7.80.